The second-order valence-electron chi connectivity index (χ2n) is 9.88. The topological polar surface area (TPSA) is 68.8 Å². The fraction of sp³-hybridized carbons (Fsp3) is 0.692. The molecular formula is C26H41N5O4. The summed E-state index contributed by atoms with van der Waals surface area (Å²) >= 11 is 0. The Kier molecular flexibility index (Phi) is 9.76. The predicted molar refractivity (Wildman–Crippen MR) is 134 cm³/mol. The summed E-state index contributed by atoms with van der Waals surface area (Å²) in [5.41, 5.74) is 1.38. The molecule has 1 amide bonds. The molecule has 35 heavy (non-hydrogen) atoms. The smallest absolute Gasteiger partial charge is 0.410 e. The number of amides is 1. The van der Waals surface area contributed by atoms with Crippen LogP contribution in [0.4, 0.5) is 4.79 Å². The van der Waals surface area contributed by atoms with Gasteiger partial charge in [-0.2, -0.15) is 0 Å². The molecule has 0 radical (unpaired) electrons. The van der Waals surface area contributed by atoms with Gasteiger partial charge in [0.1, 0.15) is 6.10 Å². The number of ether oxygens (including phenoxy) is 2. The van der Waals surface area contributed by atoms with E-state index in [4.69, 9.17) is 9.47 Å². The molecule has 0 aromatic heterocycles. The van der Waals surface area contributed by atoms with Crippen LogP contribution in [0.25, 0.3) is 0 Å². The van der Waals surface area contributed by atoms with Crippen LogP contribution < -0.4 is 0 Å². The van der Waals surface area contributed by atoms with Gasteiger partial charge in [0, 0.05) is 78.5 Å². The molecular weight excluding hydrogens is 446 g/mol. The monoisotopic (exact) mass is 487 g/mol. The largest absolute Gasteiger partial charge is 0.469 e. The molecule has 0 bridgehead atoms. The van der Waals surface area contributed by atoms with Crippen LogP contribution in [0, 0.1) is 0 Å². The fourth-order valence-electron chi connectivity index (χ4n) is 5.19. The summed E-state index contributed by atoms with van der Waals surface area (Å²) < 4.78 is 10.4. The lowest BCUT2D eigenvalue weighted by Gasteiger charge is -2.35. The number of benzene rings is 1. The van der Waals surface area contributed by atoms with E-state index in [1.807, 2.05) is 4.90 Å². The molecule has 1 aromatic rings. The normalized spacial score (nSPS) is 22.9. The lowest BCUT2D eigenvalue weighted by Crippen LogP contribution is -2.49. The van der Waals surface area contributed by atoms with Crippen molar-refractivity contribution < 1.29 is 19.1 Å². The van der Waals surface area contributed by atoms with Crippen LogP contribution in [0.3, 0.4) is 0 Å². The molecule has 194 valence electrons. The van der Waals surface area contributed by atoms with Crippen molar-refractivity contribution in [1.82, 2.24) is 24.5 Å². The minimum atomic E-state index is -0.167. The SMILES string of the molecule is COC(=O)CCN1CCN(CC2CN(CCCN3CCN(Cc4ccccc4)CC3)C(=O)O2)CC1. The number of carbonyl (C=O) groups excluding carboxylic acids is 2. The standard InChI is InChI=1S/C26H41N5O4/c1-34-25(32)8-11-28-14-18-30(19-15-28)21-24-22-31(26(33)35-24)10-5-9-27-12-16-29(17-13-27)20-23-6-3-2-4-7-23/h2-4,6-7,24H,5,8-22H2,1H3. The first-order chi connectivity index (χ1) is 17.1. The third-order valence-corrected chi connectivity index (χ3v) is 7.35. The van der Waals surface area contributed by atoms with Crippen molar-refractivity contribution >= 4 is 12.1 Å². The number of carbonyl (C=O) groups is 2. The fourth-order valence-corrected chi connectivity index (χ4v) is 5.19. The summed E-state index contributed by atoms with van der Waals surface area (Å²) in [6.45, 7) is 13.1. The molecule has 3 fully saturated rings. The average Bonchev–Trinajstić information content (AvgIpc) is 3.23. The van der Waals surface area contributed by atoms with Crippen LogP contribution in [-0.4, -0.2) is 135 Å². The van der Waals surface area contributed by atoms with Crippen LogP contribution in [-0.2, 0) is 20.8 Å². The lowest BCUT2D eigenvalue weighted by atomic mass is 10.2. The minimum Gasteiger partial charge on any atom is -0.469 e. The first-order valence-electron chi connectivity index (χ1n) is 13.0. The zero-order valence-electron chi connectivity index (χ0n) is 21.1. The summed E-state index contributed by atoms with van der Waals surface area (Å²) in [7, 11) is 1.43. The summed E-state index contributed by atoms with van der Waals surface area (Å²) in [4.78, 5) is 35.3. The highest BCUT2D eigenvalue weighted by Gasteiger charge is 2.33. The van der Waals surface area contributed by atoms with Crippen molar-refractivity contribution in [3.05, 3.63) is 35.9 Å². The van der Waals surface area contributed by atoms with E-state index in [-0.39, 0.29) is 18.2 Å². The molecule has 0 N–H and O–H groups in total. The number of hydrogen-bond donors (Lipinski definition) is 0. The number of cyclic esters (lactones) is 1. The maximum absolute atomic E-state index is 12.4. The van der Waals surface area contributed by atoms with Crippen molar-refractivity contribution in [2.24, 2.45) is 0 Å². The summed E-state index contributed by atoms with van der Waals surface area (Å²) in [5.74, 6) is -0.157. The predicted octanol–water partition coefficient (Wildman–Crippen LogP) is 1.20. The van der Waals surface area contributed by atoms with Gasteiger partial charge in [-0.15, -0.1) is 0 Å². The van der Waals surface area contributed by atoms with Gasteiger partial charge in [0.15, 0.2) is 0 Å². The second kappa shape index (κ2) is 13.2. The third kappa shape index (κ3) is 8.17. The summed E-state index contributed by atoms with van der Waals surface area (Å²) in [6.07, 6.45) is 1.21. The van der Waals surface area contributed by atoms with Gasteiger partial charge in [0.25, 0.3) is 0 Å². The van der Waals surface area contributed by atoms with Gasteiger partial charge >= 0.3 is 12.1 Å². The number of hydrogen-bond acceptors (Lipinski definition) is 8. The van der Waals surface area contributed by atoms with E-state index in [1.54, 1.807) is 0 Å². The Morgan fingerprint density at radius 2 is 1.51 bits per heavy atom. The summed E-state index contributed by atoms with van der Waals surface area (Å²) in [5, 5.41) is 0. The number of methoxy groups -OCH3 is 1. The number of esters is 1. The maximum atomic E-state index is 12.4. The Morgan fingerprint density at radius 3 is 2.20 bits per heavy atom. The van der Waals surface area contributed by atoms with Crippen LogP contribution in [0.2, 0.25) is 0 Å². The highest BCUT2D eigenvalue weighted by molar-refractivity contribution is 5.70. The van der Waals surface area contributed by atoms with Gasteiger partial charge in [-0.3, -0.25) is 14.6 Å². The molecule has 3 aliphatic rings. The zero-order chi connectivity index (χ0) is 24.5. The van der Waals surface area contributed by atoms with Gasteiger partial charge in [-0.1, -0.05) is 30.3 Å². The minimum absolute atomic E-state index is 0.0503. The van der Waals surface area contributed by atoms with E-state index in [2.05, 4.69) is 49.9 Å². The van der Waals surface area contributed by atoms with Gasteiger partial charge in [-0.05, 0) is 18.5 Å². The number of nitrogens with zero attached hydrogens (tertiary/aromatic N) is 5. The quantitative estimate of drug-likeness (QED) is 0.432. The molecule has 9 nitrogen and oxygen atoms in total. The molecule has 4 rings (SSSR count). The van der Waals surface area contributed by atoms with Crippen molar-refractivity contribution in [3.63, 3.8) is 0 Å². The molecule has 3 aliphatic heterocycles. The van der Waals surface area contributed by atoms with Crippen LogP contribution >= 0.6 is 0 Å². The molecule has 1 unspecified atom stereocenters. The molecule has 0 aliphatic carbocycles. The lowest BCUT2D eigenvalue weighted by molar-refractivity contribution is -0.141. The Labute approximate surface area is 209 Å². The third-order valence-electron chi connectivity index (χ3n) is 7.35. The van der Waals surface area contributed by atoms with E-state index in [0.717, 1.165) is 91.5 Å². The highest BCUT2D eigenvalue weighted by atomic mass is 16.6. The maximum Gasteiger partial charge on any atom is 0.410 e. The van der Waals surface area contributed by atoms with E-state index in [1.165, 1.54) is 12.7 Å². The number of piperazine rings is 2. The van der Waals surface area contributed by atoms with Gasteiger partial charge in [0.2, 0.25) is 0 Å². The Hall–Kier alpha value is -2.20. The van der Waals surface area contributed by atoms with E-state index >= 15 is 0 Å². The summed E-state index contributed by atoms with van der Waals surface area (Å²) in [6, 6.07) is 10.7. The highest BCUT2D eigenvalue weighted by Crippen LogP contribution is 2.15. The van der Waals surface area contributed by atoms with Crippen LogP contribution in [0.5, 0.6) is 0 Å². The molecule has 1 aromatic carbocycles. The van der Waals surface area contributed by atoms with E-state index in [9.17, 15) is 9.59 Å². The van der Waals surface area contributed by atoms with Gasteiger partial charge < -0.3 is 24.2 Å². The molecule has 3 saturated heterocycles. The van der Waals surface area contributed by atoms with Crippen molar-refractivity contribution in [2.75, 3.05) is 92.2 Å². The average molecular weight is 488 g/mol. The van der Waals surface area contributed by atoms with E-state index in [0.29, 0.717) is 13.0 Å². The van der Waals surface area contributed by atoms with Crippen molar-refractivity contribution in [3.8, 4) is 0 Å². The molecule has 0 saturated carbocycles. The van der Waals surface area contributed by atoms with E-state index < -0.39 is 0 Å². The van der Waals surface area contributed by atoms with Crippen LogP contribution in [0.15, 0.2) is 30.3 Å². The Bertz CT molecular complexity index is 794. The van der Waals surface area contributed by atoms with Crippen molar-refractivity contribution in [1.29, 1.82) is 0 Å². The molecule has 3 heterocycles. The Balaban J connectivity index is 1.07. The molecule has 0 spiro atoms. The van der Waals surface area contributed by atoms with Crippen molar-refractivity contribution in [2.45, 2.75) is 25.5 Å². The van der Waals surface area contributed by atoms with Crippen LogP contribution in [0.1, 0.15) is 18.4 Å². The number of rotatable bonds is 11. The molecule has 9 heteroatoms. The first-order valence-corrected chi connectivity index (χ1v) is 13.0. The first kappa shape index (κ1) is 25.9. The molecule has 1 atom stereocenters. The Morgan fingerprint density at radius 1 is 0.886 bits per heavy atom. The van der Waals surface area contributed by atoms with Gasteiger partial charge in [0.05, 0.1) is 20.1 Å². The van der Waals surface area contributed by atoms with Gasteiger partial charge in [-0.25, -0.2) is 4.79 Å². The zero-order valence-corrected chi connectivity index (χ0v) is 21.1. The second-order valence-corrected chi connectivity index (χ2v) is 9.88.